The lowest BCUT2D eigenvalue weighted by molar-refractivity contribution is -0.0935. The Bertz CT molecular complexity index is 1290. The number of ether oxygens (including phenoxy) is 1. The highest BCUT2D eigenvalue weighted by Gasteiger charge is 2.42. The van der Waals surface area contributed by atoms with E-state index in [2.05, 4.69) is 20.8 Å². The molecule has 2 N–H and O–H groups in total. The van der Waals surface area contributed by atoms with E-state index in [4.69, 9.17) is 9.57 Å². The third kappa shape index (κ3) is 4.20. The van der Waals surface area contributed by atoms with E-state index in [9.17, 15) is 9.90 Å². The Morgan fingerprint density at radius 1 is 1.22 bits per heavy atom. The predicted octanol–water partition coefficient (Wildman–Crippen LogP) is 3.05. The first kappa shape index (κ1) is 22.6. The molecule has 1 amide bonds. The first-order valence-corrected chi connectivity index (χ1v) is 11.9. The van der Waals surface area contributed by atoms with Crippen molar-refractivity contribution in [3.8, 4) is 11.1 Å². The molecule has 1 aliphatic carbocycles. The van der Waals surface area contributed by atoms with E-state index in [0.717, 1.165) is 12.8 Å². The molecule has 10 nitrogen and oxygen atoms in total. The van der Waals surface area contributed by atoms with E-state index < -0.39 is 29.7 Å². The number of nitrogens with one attached hydrogen (secondary N) is 1. The van der Waals surface area contributed by atoms with Crippen molar-refractivity contribution >= 4 is 17.5 Å². The van der Waals surface area contributed by atoms with Gasteiger partial charge in [0.15, 0.2) is 0 Å². The van der Waals surface area contributed by atoms with E-state index in [0.29, 0.717) is 47.6 Å². The van der Waals surface area contributed by atoms with Crippen LogP contribution >= 0.6 is 0 Å². The molecule has 6 rings (SSSR count). The van der Waals surface area contributed by atoms with Gasteiger partial charge in [-0.25, -0.2) is 13.9 Å². The van der Waals surface area contributed by atoms with Gasteiger partial charge < -0.3 is 9.84 Å². The number of rotatable bonds is 6. The van der Waals surface area contributed by atoms with Gasteiger partial charge in [0.05, 0.1) is 42.0 Å². The highest BCUT2D eigenvalue weighted by atomic mass is 19.1. The van der Waals surface area contributed by atoms with Crippen LogP contribution in [-0.2, 0) is 16.1 Å². The number of hydrogen-bond donors (Lipinski definition) is 2. The van der Waals surface area contributed by atoms with Crippen LogP contribution in [0.2, 0.25) is 0 Å². The molecule has 1 saturated carbocycles. The van der Waals surface area contributed by atoms with Gasteiger partial charge in [0, 0.05) is 23.5 Å². The first-order chi connectivity index (χ1) is 17.5. The van der Waals surface area contributed by atoms with Gasteiger partial charge in [0.2, 0.25) is 0 Å². The number of benzene rings is 1. The molecule has 2 atom stereocenters. The molecular formula is C25H25FN6O4. The summed E-state index contributed by atoms with van der Waals surface area (Å²) in [6.45, 7) is 0.658. The topological polar surface area (TPSA) is 115 Å². The number of amides is 1. The third-order valence-corrected chi connectivity index (χ3v) is 6.96. The fourth-order valence-corrected chi connectivity index (χ4v) is 5.01. The van der Waals surface area contributed by atoms with Crippen LogP contribution in [0.4, 0.5) is 14.9 Å². The van der Waals surface area contributed by atoms with E-state index in [1.54, 1.807) is 47.5 Å². The van der Waals surface area contributed by atoms with E-state index in [1.807, 2.05) is 6.08 Å². The summed E-state index contributed by atoms with van der Waals surface area (Å²) in [5.41, 5.74) is 4.71. The minimum Gasteiger partial charge on any atom is -0.442 e. The van der Waals surface area contributed by atoms with Gasteiger partial charge in [0.25, 0.3) is 0 Å². The Morgan fingerprint density at radius 3 is 2.81 bits per heavy atom. The normalized spacial score (nSPS) is 23.0. The summed E-state index contributed by atoms with van der Waals surface area (Å²) >= 11 is 0. The number of nitrogens with zero attached hydrogens (tertiary/aromatic N) is 5. The number of anilines is 1. The molecular weight excluding hydrogens is 467 g/mol. The maximum absolute atomic E-state index is 15.1. The van der Waals surface area contributed by atoms with Gasteiger partial charge in [-0.1, -0.05) is 24.1 Å². The van der Waals surface area contributed by atoms with Crippen molar-refractivity contribution in [3.63, 3.8) is 0 Å². The molecule has 2 fully saturated rings. The lowest BCUT2D eigenvalue weighted by atomic mass is 9.94. The summed E-state index contributed by atoms with van der Waals surface area (Å²) in [6, 6.07) is 8.19. The first-order valence-electron chi connectivity index (χ1n) is 11.9. The molecule has 3 aliphatic rings. The molecule has 2 aliphatic heterocycles. The predicted molar refractivity (Wildman–Crippen MR) is 127 cm³/mol. The zero-order valence-corrected chi connectivity index (χ0v) is 19.4. The lowest BCUT2D eigenvalue weighted by Crippen LogP contribution is -2.39. The van der Waals surface area contributed by atoms with Gasteiger partial charge in [-0.05, 0) is 43.2 Å². The second-order valence-electron chi connectivity index (χ2n) is 9.37. The van der Waals surface area contributed by atoms with Crippen LogP contribution in [0.3, 0.4) is 0 Å². The molecule has 186 valence electrons. The zero-order chi connectivity index (χ0) is 24.7. The fraction of sp³-hybridized carbons (Fsp3) is 0.360. The maximum atomic E-state index is 15.1. The average Bonchev–Trinajstić information content (AvgIpc) is 3.68. The fourth-order valence-electron chi connectivity index (χ4n) is 5.01. The number of hydroxylamine groups is 1. The van der Waals surface area contributed by atoms with Crippen LogP contribution in [0, 0.1) is 5.82 Å². The van der Waals surface area contributed by atoms with E-state index in [-0.39, 0.29) is 6.54 Å². The SMILES string of the molecule is O=C1O[C@@H](Cn2ccnn2)CN1c1ccc(-c2ccc(C3=CC(C4(O)CCCC4)ON3)nc2)c(F)c1. The molecule has 36 heavy (non-hydrogen) atoms. The number of cyclic esters (lactones) is 1. The summed E-state index contributed by atoms with van der Waals surface area (Å²) in [4.78, 5) is 23.8. The Kier molecular flexibility index (Phi) is 5.65. The molecule has 0 radical (unpaired) electrons. The van der Waals surface area contributed by atoms with Crippen LogP contribution in [0.1, 0.15) is 31.4 Å². The maximum Gasteiger partial charge on any atom is 0.414 e. The van der Waals surface area contributed by atoms with E-state index in [1.165, 1.54) is 11.0 Å². The smallest absolute Gasteiger partial charge is 0.414 e. The highest BCUT2D eigenvalue weighted by Crippen LogP contribution is 2.37. The number of halogens is 1. The van der Waals surface area contributed by atoms with Crippen LogP contribution in [0.15, 0.2) is 55.0 Å². The molecule has 1 unspecified atom stereocenters. The molecule has 0 bridgehead atoms. The largest absolute Gasteiger partial charge is 0.442 e. The Morgan fingerprint density at radius 2 is 2.08 bits per heavy atom. The Hall–Kier alpha value is -3.83. The summed E-state index contributed by atoms with van der Waals surface area (Å²) < 4.78 is 22.1. The summed E-state index contributed by atoms with van der Waals surface area (Å²) in [7, 11) is 0. The van der Waals surface area contributed by atoms with E-state index >= 15 is 4.39 Å². The van der Waals surface area contributed by atoms with Crippen molar-refractivity contribution in [2.24, 2.45) is 0 Å². The number of aromatic nitrogens is 4. The van der Waals surface area contributed by atoms with Gasteiger partial charge in [-0.15, -0.1) is 5.10 Å². The van der Waals surface area contributed by atoms with Crippen LogP contribution in [-0.4, -0.2) is 55.5 Å². The minimum absolute atomic E-state index is 0.286. The molecule has 3 aromatic rings. The molecule has 0 spiro atoms. The number of carbonyl (C=O) groups is 1. The van der Waals surface area contributed by atoms with Crippen molar-refractivity contribution in [3.05, 3.63) is 66.5 Å². The lowest BCUT2D eigenvalue weighted by Gasteiger charge is -2.26. The molecule has 4 heterocycles. The van der Waals surface area contributed by atoms with Crippen molar-refractivity contribution in [1.29, 1.82) is 0 Å². The van der Waals surface area contributed by atoms with Gasteiger partial charge >= 0.3 is 6.09 Å². The zero-order valence-electron chi connectivity index (χ0n) is 19.4. The van der Waals surface area contributed by atoms with Crippen molar-refractivity contribution < 1.29 is 23.9 Å². The summed E-state index contributed by atoms with van der Waals surface area (Å²) in [5.74, 6) is -0.473. The van der Waals surface area contributed by atoms with Crippen LogP contribution in [0.5, 0.6) is 0 Å². The monoisotopic (exact) mass is 492 g/mol. The molecule has 11 heteroatoms. The number of carbonyl (C=O) groups excluding carboxylic acids is 1. The molecule has 2 aromatic heterocycles. The minimum atomic E-state index is -0.849. The quantitative estimate of drug-likeness (QED) is 0.540. The van der Waals surface area contributed by atoms with Crippen molar-refractivity contribution in [1.82, 2.24) is 25.5 Å². The number of hydrogen-bond acceptors (Lipinski definition) is 8. The summed E-state index contributed by atoms with van der Waals surface area (Å²) in [6.07, 6.45) is 8.72. The highest BCUT2D eigenvalue weighted by molar-refractivity contribution is 5.90. The van der Waals surface area contributed by atoms with Gasteiger partial charge in [0.1, 0.15) is 18.0 Å². The second kappa shape index (κ2) is 8.99. The summed E-state index contributed by atoms with van der Waals surface area (Å²) in [5, 5.41) is 18.4. The van der Waals surface area contributed by atoms with Gasteiger partial charge in [-0.2, -0.15) is 0 Å². The second-order valence-corrected chi connectivity index (χ2v) is 9.37. The Labute approximate surface area is 206 Å². The van der Waals surface area contributed by atoms with Gasteiger partial charge in [-0.3, -0.25) is 20.2 Å². The number of aliphatic hydroxyl groups is 1. The van der Waals surface area contributed by atoms with Crippen LogP contribution < -0.4 is 10.4 Å². The van der Waals surface area contributed by atoms with Crippen molar-refractivity contribution in [2.75, 3.05) is 11.4 Å². The third-order valence-electron chi connectivity index (χ3n) is 6.96. The van der Waals surface area contributed by atoms with Crippen molar-refractivity contribution in [2.45, 2.75) is 50.0 Å². The van der Waals surface area contributed by atoms with Crippen LogP contribution in [0.25, 0.3) is 16.8 Å². The number of pyridine rings is 1. The molecule has 1 aromatic carbocycles. The average molecular weight is 493 g/mol. The standard InChI is InChI=1S/C25H25FN6O4/c26-20-11-17(32-15-18(35-24(32)33)14-31-10-9-28-30-31)4-5-19(20)16-3-6-21(27-13-16)22-12-23(36-29-22)25(34)7-1-2-8-25/h3-6,9-13,18,23,29,34H,1-2,7-8,14-15H2/t18-,23?/m0/s1. The molecule has 1 saturated heterocycles. The Balaban J connectivity index is 1.15.